The van der Waals surface area contributed by atoms with E-state index in [2.05, 4.69) is 0 Å². The van der Waals surface area contributed by atoms with Crippen molar-refractivity contribution in [1.29, 1.82) is 0 Å². The van der Waals surface area contributed by atoms with Gasteiger partial charge in [-0.3, -0.25) is 14.9 Å². The molecular formula is C13H16N2O4. The lowest BCUT2D eigenvalue weighted by Crippen LogP contribution is -2.35. The average Bonchev–Trinajstić information content (AvgIpc) is 3.19. The van der Waals surface area contributed by atoms with Crippen LogP contribution < -0.4 is 0 Å². The van der Waals surface area contributed by atoms with Crippen LogP contribution in [-0.4, -0.2) is 40.0 Å². The van der Waals surface area contributed by atoms with Gasteiger partial charge in [0, 0.05) is 18.7 Å². The molecular weight excluding hydrogens is 248 g/mol. The third-order valence-electron chi connectivity index (χ3n) is 3.17. The van der Waals surface area contributed by atoms with Gasteiger partial charge in [0.15, 0.2) is 0 Å². The highest BCUT2D eigenvalue weighted by Gasteiger charge is 2.35. The highest BCUT2D eigenvalue weighted by Crippen LogP contribution is 2.30. The smallest absolute Gasteiger partial charge is 0.282 e. The zero-order chi connectivity index (χ0) is 14.0. The molecule has 102 valence electrons. The Balaban J connectivity index is 2.35. The van der Waals surface area contributed by atoms with Crippen molar-refractivity contribution in [3.63, 3.8) is 0 Å². The van der Waals surface area contributed by atoms with Gasteiger partial charge in [0.05, 0.1) is 11.5 Å². The fourth-order valence-electron chi connectivity index (χ4n) is 2.08. The molecule has 2 rings (SSSR count). The fourth-order valence-corrected chi connectivity index (χ4v) is 2.08. The minimum atomic E-state index is -0.545. The summed E-state index contributed by atoms with van der Waals surface area (Å²) >= 11 is 0. The van der Waals surface area contributed by atoms with E-state index in [1.807, 2.05) is 0 Å². The van der Waals surface area contributed by atoms with Gasteiger partial charge in [-0.15, -0.1) is 0 Å². The van der Waals surface area contributed by atoms with Crippen LogP contribution in [0, 0.1) is 17.0 Å². The van der Waals surface area contributed by atoms with E-state index in [0.717, 1.165) is 18.4 Å². The van der Waals surface area contributed by atoms with Crippen LogP contribution >= 0.6 is 0 Å². The summed E-state index contributed by atoms with van der Waals surface area (Å²) in [5, 5.41) is 20.0. The van der Waals surface area contributed by atoms with Crippen molar-refractivity contribution in [2.75, 3.05) is 13.2 Å². The monoisotopic (exact) mass is 264 g/mol. The summed E-state index contributed by atoms with van der Waals surface area (Å²) in [5.41, 5.74) is 0.721. The molecule has 1 fully saturated rings. The summed E-state index contributed by atoms with van der Waals surface area (Å²) in [6.07, 6.45) is 1.79. The second kappa shape index (κ2) is 5.36. The van der Waals surface area contributed by atoms with Crippen LogP contribution in [0.5, 0.6) is 0 Å². The Bertz CT molecular complexity index is 511. The molecule has 0 aromatic heterocycles. The van der Waals surface area contributed by atoms with Crippen LogP contribution in [0.15, 0.2) is 18.2 Å². The standard InChI is InChI=1S/C13H16N2O4/c1-9-2-5-12(15(18)19)11(8-9)13(17)14(6-7-16)10-3-4-10/h2,5,8,10,16H,3-4,6-7H2,1H3. The lowest BCUT2D eigenvalue weighted by molar-refractivity contribution is -0.385. The normalized spacial score (nSPS) is 14.2. The van der Waals surface area contributed by atoms with Crippen LogP contribution in [-0.2, 0) is 0 Å². The van der Waals surface area contributed by atoms with E-state index in [-0.39, 0.29) is 36.4 Å². The first kappa shape index (κ1) is 13.5. The summed E-state index contributed by atoms with van der Waals surface area (Å²) in [7, 11) is 0. The highest BCUT2D eigenvalue weighted by atomic mass is 16.6. The van der Waals surface area contributed by atoms with Crippen molar-refractivity contribution in [2.24, 2.45) is 0 Å². The maximum Gasteiger partial charge on any atom is 0.282 e. The Kier molecular flexibility index (Phi) is 3.80. The van der Waals surface area contributed by atoms with Crippen LogP contribution in [0.1, 0.15) is 28.8 Å². The number of nitro groups is 1. The molecule has 1 saturated carbocycles. The van der Waals surface area contributed by atoms with Crippen LogP contribution in [0.25, 0.3) is 0 Å². The van der Waals surface area contributed by atoms with E-state index in [1.54, 1.807) is 13.0 Å². The zero-order valence-electron chi connectivity index (χ0n) is 10.7. The first-order chi connectivity index (χ1) is 9.04. The van der Waals surface area contributed by atoms with Crippen LogP contribution in [0.3, 0.4) is 0 Å². The van der Waals surface area contributed by atoms with E-state index < -0.39 is 4.92 Å². The third-order valence-corrected chi connectivity index (χ3v) is 3.17. The van der Waals surface area contributed by atoms with Gasteiger partial charge >= 0.3 is 0 Å². The second-order valence-electron chi connectivity index (χ2n) is 4.73. The largest absolute Gasteiger partial charge is 0.395 e. The van der Waals surface area contributed by atoms with E-state index in [0.29, 0.717) is 0 Å². The first-order valence-corrected chi connectivity index (χ1v) is 6.21. The molecule has 0 saturated heterocycles. The SMILES string of the molecule is Cc1ccc([N+](=O)[O-])c(C(=O)N(CCO)C2CC2)c1. The van der Waals surface area contributed by atoms with Gasteiger partial charge in [0.1, 0.15) is 5.56 Å². The van der Waals surface area contributed by atoms with Gasteiger partial charge in [0.2, 0.25) is 0 Å². The molecule has 0 spiro atoms. The molecule has 1 amide bonds. The number of hydrogen-bond donors (Lipinski definition) is 1. The number of hydrogen-bond acceptors (Lipinski definition) is 4. The average molecular weight is 264 g/mol. The Morgan fingerprint density at radius 1 is 1.53 bits per heavy atom. The van der Waals surface area contributed by atoms with Crippen LogP contribution in [0.2, 0.25) is 0 Å². The molecule has 6 heteroatoms. The molecule has 0 radical (unpaired) electrons. The molecule has 0 bridgehead atoms. The number of aliphatic hydroxyl groups excluding tert-OH is 1. The lowest BCUT2D eigenvalue weighted by Gasteiger charge is -2.21. The number of carbonyl (C=O) groups excluding carboxylic acids is 1. The molecule has 1 aliphatic rings. The summed E-state index contributed by atoms with van der Waals surface area (Å²) in [6, 6.07) is 4.61. The Hall–Kier alpha value is -1.95. The second-order valence-corrected chi connectivity index (χ2v) is 4.73. The molecule has 1 aliphatic carbocycles. The van der Waals surface area contributed by atoms with Gasteiger partial charge in [0.25, 0.3) is 11.6 Å². The zero-order valence-corrected chi connectivity index (χ0v) is 10.7. The summed E-state index contributed by atoms with van der Waals surface area (Å²) in [5.74, 6) is -0.369. The predicted molar refractivity (Wildman–Crippen MR) is 69.0 cm³/mol. The fraction of sp³-hybridized carbons (Fsp3) is 0.462. The number of amides is 1. The number of nitrogens with zero attached hydrogens (tertiary/aromatic N) is 2. The van der Waals surface area contributed by atoms with Gasteiger partial charge < -0.3 is 10.0 Å². The molecule has 1 N–H and O–H groups in total. The first-order valence-electron chi connectivity index (χ1n) is 6.21. The molecule has 0 aliphatic heterocycles. The van der Waals surface area contributed by atoms with Gasteiger partial charge in [-0.05, 0) is 31.4 Å². The van der Waals surface area contributed by atoms with Gasteiger partial charge in [-0.1, -0.05) is 6.07 Å². The maximum atomic E-state index is 12.4. The third kappa shape index (κ3) is 2.90. The number of aryl methyl sites for hydroxylation is 1. The summed E-state index contributed by atoms with van der Waals surface area (Å²) in [4.78, 5) is 24.4. The Morgan fingerprint density at radius 3 is 2.74 bits per heavy atom. The van der Waals surface area contributed by atoms with Crippen molar-refractivity contribution in [2.45, 2.75) is 25.8 Å². The van der Waals surface area contributed by atoms with Crippen molar-refractivity contribution < 1.29 is 14.8 Å². The maximum absolute atomic E-state index is 12.4. The van der Waals surface area contributed by atoms with E-state index in [1.165, 1.54) is 17.0 Å². The topological polar surface area (TPSA) is 83.7 Å². The van der Waals surface area contributed by atoms with Crippen molar-refractivity contribution in [3.8, 4) is 0 Å². The highest BCUT2D eigenvalue weighted by molar-refractivity contribution is 5.98. The number of benzene rings is 1. The van der Waals surface area contributed by atoms with Crippen molar-refractivity contribution in [1.82, 2.24) is 4.90 Å². The number of nitro benzene ring substituents is 1. The molecule has 0 heterocycles. The number of aliphatic hydroxyl groups is 1. The number of carbonyl (C=O) groups is 1. The summed E-state index contributed by atoms with van der Waals surface area (Å²) < 4.78 is 0. The van der Waals surface area contributed by atoms with Crippen LogP contribution in [0.4, 0.5) is 5.69 Å². The van der Waals surface area contributed by atoms with E-state index in [4.69, 9.17) is 5.11 Å². The minimum absolute atomic E-state index is 0.102. The van der Waals surface area contributed by atoms with Gasteiger partial charge in [-0.25, -0.2) is 0 Å². The Labute approximate surface area is 110 Å². The molecule has 1 aromatic rings. The lowest BCUT2D eigenvalue weighted by atomic mass is 10.1. The number of rotatable bonds is 5. The van der Waals surface area contributed by atoms with Gasteiger partial charge in [-0.2, -0.15) is 0 Å². The molecule has 6 nitrogen and oxygen atoms in total. The molecule has 0 atom stereocenters. The quantitative estimate of drug-likeness (QED) is 0.645. The summed E-state index contributed by atoms with van der Waals surface area (Å²) in [6.45, 7) is 1.87. The molecule has 19 heavy (non-hydrogen) atoms. The van der Waals surface area contributed by atoms with E-state index in [9.17, 15) is 14.9 Å². The van der Waals surface area contributed by atoms with Crippen molar-refractivity contribution in [3.05, 3.63) is 39.4 Å². The predicted octanol–water partition coefficient (Wildman–Crippen LogP) is 1.50. The van der Waals surface area contributed by atoms with E-state index >= 15 is 0 Å². The minimum Gasteiger partial charge on any atom is -0.395 e. The molecule has 0 unspecified atom stereocenters. The van der Waals surface area contributed by atoms with Crippen molar-refractivity contribution >= 4 is 11.6 Å². The Morgan fingerprint density at radius 2 is 2.21 bits per heavy atom. The molecule has 1 aromatic carbocycles.